The van der Waals surface area contributed by atoms with Gasteiger partial charge in [-0.2, -0.15) is 0 Å². The number of aromatic nitrogens is 1. The highest BCUT2D eigenvalue weighted by atomic mass is 32.1. The predicted octanol–water partition coefficient (Wildman–Crippen LogP) is 4.76. The van der Waals surface area contributed by atoms with Crippen molar-refractivity contribution >= 4 is 22.9 Å². The van der Waals surface area contributed by atoms with Crippen molar-refractivity contribution in [2.75, 3.05) is 5.32 Å². The van der Waals surface area contributed by atoms with Crippen LogP contribution in [-0.4, -0.2) is 10.9 Å². The number of hydrogen-bond donors (Lipinski definition) is 1. The van der Waals surface area contributed by atoms with E-state index >= 15 is 0 Å². The molecule has 0 atom stereocenters. The van der Waals surface area contributed by atoms with Gasteiger partial charge < -0.3 is 5.32 Å². The summed E-state index contributed by atoms with van der Waals surface area (Å²) in [5.74, 6) is 0.0172. The van der Waals surface area contributed by atoms with Gasteiger partial charge in [-0.15, -0.1) is 11.3 Å². The Morgan fingerprint density at radius 2 is 2.17 bits per heavy atom. The quantitative estimate of drug-likeness (QED) is 0.879. The highest BCUT2D eigenvalue weighted by Gasteiger charge is 2.22. The summed E-state index contributed by atoms with van der Waals surface area (Å²) in [6.45, 7) is 8.12. The fraction of sp³-hybridized carbons (Fsp3) is 0.474. The van der Waals surface area contributed by atoms with Gasteiger partial charge in [0.05, 0.1) is 17.6 Å². The zero-order chi connectivity index (χ0) is 16.6. The lowest BCUT2D eigenvalue weighted by molar-refractivity contribution is -0.118. The van der Waals surface area contributed by atoms with E-state index in [0.717, 1.165) is 23.4 Å². The molecule has 1 N–H and O–H groups in total. The molecule has 0 saturated heterocycles. The summed E-state index contributed by atoms with van der Waals surface area (Å²) in [6.07, 6.45) is 6.35. The summed E-state index contributed by atoms with van der Waals surface area (Å²) in [4.78, 5) is 19.5. The fourth-order valence-electron chi connectivity index (χ4n) is 3.19. The smallest absolute Gasteiger partial charge is 0.226 e. The van der Waals surface area contributed by atoms with Gasteiger partial charge in [0, 0.05) is 21.2 Å². The van der Waals surface area contributed by atoms with E-state index in [0.29, 0.717) is 0 Å². The first-order chi connectivity index (χ1) is 11.0. The minimum Gasteiger partial charge on any atom is -0.324 e. The maximum Gasteiger partial charge on any atom is 0.226 e. The third-order valence-corrected chi connectivity index (χ3v) is 5.71. The number of nitrogens with zero attached hydrogens (tertiary/aromatic N) is 1. The first-order valence-corrected chi connectivity index (χ1v) is 9.24. The normalized spacial score (nSPS) is 13.4. The molecule has 2 aromatic heterocycles. The van der Waals surface area contributed by atoms with Crippen molar-refractivity contribution in [1.29, 1.82) is 0 Å². The second-order valence-electron chi connectivity index (χ2n) is 6.51. The van der Waals surface area contributed by atoms with Gasteiger partial charge in [0.25, 0.3) is 0 Å². The van der Waals surface area contributed by atoms with E-state index in [2.05, 4.69) is 30.2 Å². The first-order valence-electron chi connectivity index (χ1n) is 8.42. The van der Waals surface area contributed by atoms with Gasteiger partial charge >= 0.3 is 0 Å². The summed E-state index contributed by atoms with van der Waals surface area (Å²) in [5, 5.41) is 3.00. The molecular weight excluding hydrogens is 304 g/mol. The lowest BCUT2D eigenvalue weighted by Crippen LogP contribution is -2.18. The van der Waals surface area contributed by atoms with Crippen molar-refractivity contribution in [2.24, 2.45) is 5.92 Å². The molecule has 3 nitrogen and oxygen atoms in total. The largest absolute Gasteiger partial charge is 0.324 e. The van der Waals surface area contributed by atoms with Gasteiger partial charge in [-0.3, -0.25) is 9.78 Å². The number of anilines is 1. The van der Waals surface area contributed by atoms with Crippen LogP contribution in [0.5, 0.6) is 0 Å². The van der Waals surface area contributed by atoms with Crippen LogP contribution in [0.2, 0.25) is 0 Å². The molecule has 2 aromatic rings. The Labute approximate surface area is 142 Å². The fourth-order valence-corrected chi connectivity index (χ4v) is 4.47. The summed E-state index contributed by atoms with van der Waals surface area (Å²) in [6, 6.07) is 2.16. The summed E-state index contributed by atoms with van der Waals surface area (Å²) in [7, 11) is 0. The van der Waals surface area contributed by atoms with Crippen LogP contribution in [-0.2, 0) is 24.1 Å². The Morgan fingerprint density at radius 3 is 2.87 bits per heavy atom. The van der Waals surface area contributed by atoms with Gasteiger partial charge in [-0.05, 0) is 49.8 Å². The van der Waals surface area contributed by atoms with Crippen molar-refractivity contribution in [2.45, 2.75) is 53.4 Å². The van der Waals surface area contributed by atoms with Crippen molar-refractivity contribution in [3.05, 3.63) is 33.1 Å². The molecule has 0 spiro atoms. The van der Waals surface area contributed by atoms with Crippen molar-refractivity contribution < 1.29 is 4.79 Å². The van der Waals surface area contributed by atoms with Crippen LogP contribution in [0.1, 0.15) is 48.1 Å². The highest BCUT2D eigenvalue weighted by molar-refractivity contribution is 7.12. The van der Waals surface area contributed by atoms with E-state index in [9.17, 15) is 4.79 Å². The van der Waals surface area contributed by atoms with Crippen molar-refractivity contribution in [3.8, 4) is 11.3 Å². The molecular formula is C19H24N2OS. The van der Waals surface area contributed by atoms with Gasteiger partial charge in [0.15, 0.2) is 0 Å². The number of thiophene rings is 1. The Hall–Kier alpha value is -1.68. The minimum atomic E-state index is -0.0261. The van der Waals surface area contributed by atoms with E-state index < -0.39 is 0 Å². The maximum absolute atomic E-state index is 12.0. The van der Waals surface area contributed by atoms with E-state index in [1.807, 2.05) is 31.4 Å². The molecule has 1 amide bonds. The number of aryl methyl sites for hydroxylation is 3. The van der Waals surface area contributed by atoms with Crippen LogP contribution in [0.25, 0.3) is 11.3 Å². The zero-order valence-electron chi connectivity index (χ0n) is 14.3. The van der Waals surface area contributed by atoms with E-state index in [-0.39, 0.29) is 11.8 Å². The monoisotopic (exact) mass is 328 g/mol. The summed E-state index contributed by atoms with van der Waals surface area (Å²) >= 11 is 1.92. The molecule has 122 valence electrons. The highest BCUT2D eigenvalue weighted by Crippen LogP contribution is 2.41. The molecule has 0 aromatic carbocycles. The third kappa shape index (κ3) is 3.05. The standard InChI is InChI=1S/C19H24N2OS/c1-5-13-9-15(20-10-16(13)21-19(22)11(2)3)18-12(4)23-17-8-6-7-14(17)18/h9-11H,5-8H2,1-4H3,(H,21,22). The maximum atomic E-state index is 12.0. The number of fused-ring (bicyclic) bond motifs is 1. The molecule has 0 bridgehead atoms. The van der Waals surface area contributed by atoms with Crippen LogP contribution in [0, 0.1) is 12.8 Å². The van der Waals surface area contributed by atoms with Gasteiger partial charge in [0.1, 0.15) is 0 Å². The number of amides is 1. The van der Waals surface area contributed by atoms with E-state index in [1.54, 1.807) is 0 Å². The molecule has 0 saturated carbocycles. The molecule has 1 aliphatic rings. The number of carbonyl (C=O) groups is 1. The number of nitrogens with one attached hydrogen (secondary N) is 1. The van der Waals surface area contributed by atoms with Crippen LogP contribution in [0.4, 0.5) is 5.69 Å². The number of hydrogen-bond acceptors (Lipinski definition) is 3. The second-order valence-corrected chi connectivity index (χ2v) is 7.82. The Morgan fingerprint density at radius 1 is 1.39 bits per heavy atom. The van der Waals surface area contributed by atoms with E-state index in [4.69, 9.17) is 0 Å². The Kier molecular flexibility index (Phi) is 4.53. The molecule has 4 heteroatoms. The van der Waals surface area contributed by atoms with Crippen LogP contribution in [0.3, 0.4) is 0 Å². The number of pyridine rings is 1. The SMILES string of the molecule is CCc1cc(-c2c(C)sc3c2CCC3)ncc1NC(=O)C(C)C. The number of carbonyl (C=O) groups excluding carboxylic acids is 1. The van der Waals surface area contributed by atoms with Crippen LogP contribution in [0.15, 0.2) is 12.3 Å². The van der Waals surface area contributed by atoms with Gasteiger partial charge in [0.2, 0.25) is 5.91 Å². The van der Waals surface area contributed by atoms with Gasteiger partial charge in [-0.25, -0.2) is 0 Å². The molecule has 0 unspecified atom stereocenters. The Balaban J connectivity index is 1.98. The minimum absolute atomic E-state index is 0.0261. The first kappa shape index (κ1) is 16.2. The lowest BCUT2D eigenvalue weighted by atomic mass is 10.0. The topological polar surface area (TPSA) is 42.0 Å². The molecule has 1 aliphatic carbocycles. The van der Waals surface area contributed by atoms with Gasteiger partial charge in [-0.1, -0.05) is 20.8 Å². The average Bonchev–Trinajstić information content (AvgIpc) is 3.07. The summed E-state index contributed by atoms with van der Waals surface area (Å²) < 4.78 is 0. The zero-order valence-corrected chi connectivity index (χ0v) is 15.1. The molecule has 0 aliphatic heterocycles. The lowest BCUT2D eigenvalue weighted by Gasteiger charge is -2.13. The van der Waals surface area contributed by atoms with Crippen LogP contribution >= 0.6 is 11.3 Å². The molecule has 23 heavy (non-hydrogen) atoms. The number of rotatable bonds is 4. The van der Waals surface area contributed by atoms with Crippen LogP contribution < -0.4 is 5.32 Å². The molecule has 0 radical (unpaired) electrons. The summed E-state index contributed by atoms with van der Waals surface area (Å²) in [5.41, 5.74) is 5.89. The Bertz CT molecular complexity index is 746. The predicted molar refractivity (Wildman–Crippen MR) is 97.2 cm³/mol. The van der Waals surface area contributed by atoms with Crippen molar-refractivity contribution in [1.82, 2.24) is 4.98 Å². The average molecular weight is 328 g/mol. The third-order valence-electron chi connectivity index (χ3n) is 4.51. The molecule has 0 fully saturated rings. The van der Waals surface area contributed by atoms with E-state index in [1.165, 1.54) is 40.1 Å². The second kappa shape index (κ2) is 6.44. The molecule has 3 rings (SSSR count). The van der Waals surface area contributed by atoms with Crippen molar-refractivity contribution in [3.63, 3.8) is 0 Å². The molecule has 2 heterocycles.